The average Bonchev–Trinajstić information content (AvgIpc) is 3.02. The Bertz CT molecular complexity index is 611. The summed E-state index contributed by atoms with van der Waals surface area (Å²) in [6.45, 7) is 7.42. The van der Waals surface area contributed by atoms with Gasteiger partial charge in [0.05, 0.1) is 6.54 Å². The van der Waals surface area contributed by atoms with E-state index >= 15 is 0 Å². The van der Waals surface area contributed by atoms with Crippen molar-refractivity contribution in [1.82, 2.24) is 20.6 Å². The van der Waals surface area contributed by atoms with E-state index in [1.54, 1.807) is 17.5 Å². The van der Waals surface area contributed by atoms with Crippen molar-refractivity contribution < 1.29 is 0 Å². The lowest BCUT2D eigenvalue weighted by molar-refractivity contribution is 0.712. The van der Waals surface area contributed by atoms with E-state index in [4.69, 9.17) is 0 Å². The molecule has 0 amide bonds. The summed E-state index contributed by atoms with van der Waals surface area (Å²) in [6, 6.07) is 5.89. The van der Waals surface area contributed by atoms with Crippen LogP contribution < -0.4 is 16.0 Å². The van der Waals surface area contributed by atoms with Gasteiger partial charge in [-0.25, -0.2) is 15.0 Å². The number of anilines is 1. The van der Waals surface area contributed by atoms with Crippen LogP contribution in [0.3, 0.4) is 0 Å². The first kappa shape index (κ1) is 18.2. The van der Waals surface area contributed by atoms with E-state index in [1.165, 1.54) is 4.88 Å². The van der Waals surface area contributed by atoms with Crippen LogP contribution in [0.5, 0.6) is 0 Å². The number of nitrogens with zero attached hydrogens (tertiary/aromatic N) is 3. The van der Waals surface area contributed by atoms with Gasteiger partial charge in [0, 0.05) is 36.9 Å². The quantitative estimate of drug-likeness (QED) is 0.370. The van der Waals surface area contributed by atoms with Crippen LogP contribution in [0.2, 0.25) is 0 Å². The minimum atomic E-state index is 0.620. The molecule has 0 fully saturated rings. The molecule has 0 saturated carbocycles. The van der Waals surface area contributed by atoms with E-state index < -0.39 is 0 Å². The molecule has 2 aromatic heterocycles. The van der Waals surface area contributed by atoms with Crippen LogP contribution in [-0.2, 0) is 6.54 Å². The third kappa shape index (κ3) is 6.95. The average molecular weight is 347 g/mol. The van der Waals surface area contributed by atoms with Gasteiger partial charge >= 0.3 is 0 Å². The molecule has 24 heavy (non-hydrogen) atoms. The highest BCUT2D eigenvalue weighted by atomic mass is 32.1. The molecule has 2 rings (SSSR count). The summed E-state index contributed by atoms with van der Waals surface area (Å²) in [6.07, 6.45) is 5.84. The Hall–Kier alpha value is -2.15. The topological polar surface area (TPSA) is 74.2 Å². The predicted octanol–water partition coefficient (Wildman–Crippen LogP) is 2.79. The highest BCUT2D eigenvalue weighted by Crippen LogP contribution is 2.11. The molecule has 0 bridgehead atoms. The number of hydrogen-bond donors (Lipinski definition) is 3. The zero-order valence-electron chi connectivity index (χ0n) is 14.4. The molecule has 0 saturated heterocycles. The van der Waals surface area contributed by atoms with Crippen LogP contribution in [0.1, 0.15) is 29.7 Å². The first-order valence-electron chi connectivity index (χ1n) is 8.36. The van der Waals surface area contributed by atoms with Gasteiger partial charge < -0.3 is 16.0 Å². The molecule has 6 nitrogen and oxygen atoms in total. The summed E-state index contributed by atoms with van der Waals surface area (Å²) in [7, 11) is 0. The smallest absolute Gasteiger partial charge is 0.191 e. The molecular weight excluding hydrogens is 320 g/mol. The number of unbranched alkanes of at least 4 members (excludes halogenated alkanes) is 1. The molecule has 0 aromatic carbocycles. The Morgan fingerprint density at radius 1 is 1.17 bits per heavy atom. The lowest BCUT2D eigenvalue weighted by Gasteiger charge is -2.11. The Labute approximate surface area is 147 Å². The fraction of sp³-hybridized carbons (Fsp3) is 0.471. The molecule has 0 aliphatic carbocycles. The highest BCUT2D eigenvalue weighted by molar-refractivity contribution is 7.11. The minimum absolute atomic E-state index is 0.620. The second-order valence-corrected chi connectivity index (χ2v) is 6.65. The zero-order chi connectivity index (χ0) is 17.0. The number of aliphatic imine (C=N–C) groups is 1. The van der Waals surface area contributed by atoms with E-state index in [2.05, 4.69) is 44.8 Å². The standard InChI is InChI=1S/C17H26N6S/c1-3-18-17(23-13-16-22-12-14(2)24-16)21-11-7-6-10-20-15-8-4-5-9-19-15/h4-5,8-9,12H,3,6-7,10-11,13H2,1-2H3,(H,19,20)(H2,18,21,23). The number of aryl methyl sites for hydroxylation is 1. The summed E-state index contributed by atoms with van der Waals surface area (Å²) in [4.78, 5) is 14.4. The zero-order valence-corrected chi connectivity index (χ0v) is 15.2. The largest absolute Gasteiger partial charge is 0.370 e. The lowest BCUT2D eigenvalue weighted by Crippen LogP contribution is -2.37. The Morgan fingerprint density at radius 2 is 2.04 bits per heavy atom. The monoisotopic (exact) mass is 346 g/mol. The third-order valence-corrected chi connectivity index (χ3v) is 4.15. The normalized spacial score (nSPS) is 11.3. The molecule has 7 heteroatoms. The van der Waals surface area contributed by atoms with Crippen molar-refractivity contribution in [2.24, 2.45) is 4.99 Å². The number of thiazole rings is 1. The first-order chi connectivity index (χ1) is 11.8. The van der Waals surface area contributed by atoms with Crippen molar-refractivity contribution in [3.05, 3.63) is 40.5 Å². The van der Waals surface area contributed by atoms with Crippen molar-refractivity contribution in [3.63, 3.8) is 0 Å². The summed E-state index contributed by atoms with van der Waals surface area (Å²) in [5.41, 5.74) is 0. The molecule has 130 valence electrons. The minimum Gasteiger partial charge on any atom is -0.370 e. The first-order valence-corrected chi connectivity index (χ1v) is 9.18. The van der Waals surface area contributed by atoms with Crippen molar-refractivity contribution in [1.29, 1.82) is 0 Å². The molecule has 2 heterocycles. The second kappa shape index (κ2) is 10.6. The van der Waals surface area contributed by atoms with Crippen LogP contribution in [0.4, 0.5) is 5.82 Å². The van der Waals surface area contributed by atoms with E-state index in [-0.39, 0.29) is 0 Å². The van der Waals surface area contributed by atoms with Crippen LogP contribution in [0.25, 0.3) is 0 Å². The third-order valence-electron chi connectivity index (χ3n) is 3.25. The Kier molecular flexibility index (Phi) is 8.03. The van der Waals surface area contributed by atoms with Gasteiger partial charge in [-0.2, -0.15) is 0 Å². The second-order valence-electron chi connectivity index (χ2n) is 5.34. The van der Waals surface area contributed by atoms with Gasteiger partial charge in [-0.05, 0) is 38.8 Å². The van der Waals surface area contributed by atoms with Gasteiger partial charge in [-0.3, -0.25) is 0 Å². The molecule has 0 aliphatic rings. The van der Waals surface area contributed by atoms with Crippen molar-refractivity contribution in [3.8, 4) is 0 Å². The van der Waals surface area contributed by atoms with Gasteiger partial charge in [-0.15, -0.1) is 11.3 Å². The van der Waals surface area contributed by atoms with Crippen LogP contribution in [0.15, 0.2) is 35.6 Å². The van der Waals surface area contributed by atoms with Gasteiger partial charge in [0.25, 0.3) is 0 Å². The maximum absolute atomic E-state index is 4.58. The summed E-state index contributed by atoms with van der Waals surface area (Å²) >= 11 is 1.69. The summed E-state index contributed by atoms with van der Waals surface area (Å²) in [5, 5.41) is 11.0. The molecule has 0 aliphatic heterocycles. The van der Waals surface area contributed by atoms with Crippen LogP contribution in [-0.4, -0.2) is 35.6 Å². The summed E-state index contributed by atoms with van der Waals surface area (Å²) < 4.78 is 0. The highest BCUT2D eigenvalue weighted by Gasteiger charge is 2.00. The Balaban J connectivity index is 1.64. The summed E-state index contributed by atoms with van der Waals surface area (Å²) in [5.74, 6) is 1.78. The maximum Gasteiger partial charge on any atom is 0.191 e. The fourth-order valence-electron chi connectivity index (χ4n) is 2.10. The maximum atomic E-state index is 4.58. The van der Waals surface area contributed by atoms with E-state index in [0.717, 1.165) is 49.3 Å². The van der Waals surface area contributed by atoms with Crippen molar-refractivity contribution in [2.75, 3.05) is 25.0 Å². The SMILES string of the molecule is CCNC(=NCc1ncc(C)s1)NCCCCNc1ccccn1. The van der Waals surface area contributed by atoms with Crippen molar-refractivity contribution >= 4 is 23.1 Å². The number of rotatable bonds is 9. The number of hydrogen-bond acceptors (Lipinski definition) is 5. The van der Waals surface area contributed by atoms with Crippen LogP contribution in [0, 0.1) is 6.92 Å². The van der Waals surface area contributed by atoms with Gasteiger partial charge in [0.1, 0.15) is 10.8 Å². The van der Waals surface area contributed by atoms with Gasteiger partial charge in [-0.1, -0.05) is 6.07 Å². The molecule has 3 N–H and O–H groups in total. The lowest BCUT2D eigenvalue weighted by atomic mass is 10.3. The fourth-order valence-corrected chi connectivity index (χ4v) is 2.82. The Morgan fingerprint density at radius 3 is 2.75 bits per heavy atom. The molecule has 0 atom stereocenters. The molecule has 0 radical (unpaired) electrons. The van der Waals surface area contributed by atoms with Gasteiger partial charge in [0.15, 0.2) is 5.96 Å². The number of guanidine groups is 1. The molecule has 2 aromatic rings. The van der Waals surface area contributed by atoms with E-state index in [1.807, 2.05) is 24.4 Å². The van der Waals surface area contributed by atoms with Crippen molar-refractivity contribution in [2.45, 2.75) is 33.2 Å². The van der Waals surface area contributed by atoms with E-state index in [0.29, 0.717) is 6.54 Å². The van der Waals surface area contributed by atoms with Gasteiger partial charge in [0.2, 0.25) is 0 Å². The van der Waals surface area contributed by atoms with E-state index in [9.17, 15) is 0 Å². The molecule has 0 spiro atoms. The van der Waals surface area contributed by atoms with Crippen LogP contribution >= 0.6 is 11.3 Å². The number of aromatic nitrogens is 2. The molecule has 0 unspecified atom stereocenters. The predicted molar refractivity (Wildman–Crippen MR) is 102 cm³/mol. The number of pyridine rings is 1. The number of nitrogens with one attached hydrogen (secondary N) is 3. The molecular formula is C17H26N6S.